The molecule has 0 saturated heterocycles. The molecule has 0 atom stereocenters. The molecule has 0 unspecified atom stereocenters. The van der Waals surface area contributed by atoms with Gasteiger partial charge in [-0.2, -0.15) is 0 Å². The van der Waals surface area contributed by atoms with Crippen molar-refractivity contribution < 1.29 is 9.59 Å². The highest BCUT2D eigenvalue weighted by Gasteiger charge is 2.43. The number of rotatable bonds is 2. The molecule has 0 radical (unpaired) electrons. The minimum absolute atomic E-state index is 0.100. The van der Waals surface area contributed by atoms with E-state index in [0.717, 1.165) is 12.8 Å². The molecule has 1 heterocycles. The van der Waals surface area contributed by atoms with Crippen LogP contribution in [0.3, 0.4) is 0 Å². The summed E-state index contributed by atoms with van der Waals surface area (Å²) in [5.74, 6) is -0.269. The van der Waals surface area contributed by atoms with Crippen molar-refractivity contribution in [2.24, 2.45) is 5.10 Å². The molecule has 0 fully saturated rings. The maximum absolute atomic E-state index is 11.5. The van der Waals surface area contributed by atoms with E-state index in [0.29, 0.717) is 5.17 Å². The van der Waals surface area contributed by atoms with Crippen LogP contribution >= 0.6 is 11.8 Å². The summed E-state index contributed by atoms with van der Waals surface area (Å²) in [5.41, 5.74) is 0. The topological polar surface area (TPSA) is 61.8 Å². The number of hydrazone groups is 1. The first-order chi connectivity index (χ1) is 7.45. The summed E-state index contributed by atoms with van der Waals surface area (Å²) in [4.78, 5) is 22.1. The van der Waals surface area contributed by atoms with E-state index in [1.807, 2.05) is 13.8 Å². The Hall–Kier alpha value is -1.04. The van der Waals surface area contributed by atoms with Gasteiger partial charge in [-0.3, -0.25) is 9.59 Å². The Morgan fingerprint density at radius 2 is 1.94 bits per heavy atom. The lowest BCUT2D eigenvalue weighted by molar-refractivity contribution is -0.132. The number of thioether (sulfide) groups is 1. The summed E-state index contributed by atoms with van der Waals surface area (Å²) in [5, 5.41) is 8.77. The van der Waals surface area contributed by atoms with Gasteiger partial charge in [0.15, 0.2) is 5.17 Å². The molecule has 0 aromatic carbocycles. The van der Waals surface area contributed by atoms with Crippen LogP contribution in [0, 0.1) is 0 Å². The standard InChI is InChI=1S/C10H17N3O2S/c1-5-10(6-2)13(8(4)15)12-9(16-10)11-7(3)14/h5-6H2,1-4H3,(H,11,12,14). The molecule has 0 aromatic heterocycles. The number of carbonyl (C=O) groups excluding carboxylic acids is 2. The molecule has 2 amide bonds. The summed E-state index contributed by atoms with van der Waals surface area (Å²) in [6.45, 7) is 6.94. The molecule has 6 heteroatoms. The van der Waals surface area contributed by atoms with Crippen LogP contribution in [0.1, 0.15) is 40.5 Å². The normalized spacial score (nSPS) is 18.2. The van der Waals surface area contributed by atoms with Crippen LogP contribution < -0.4 is 5.32 Å². The second kappa shape index (κ2) is 4.86. The highest BCUT2D eigenvalue weighted by Crippen LogP contribution is 2.41. The van der Waals surface area contributed by atoms with E-state index in [1.54, 1.807) is 0 Å². The van der Waals surface area contributed by atoms with Crippen LogP contribution in [0.5, 0.6) is 0 Å². The Kier molecular flexibility index (Phi) is 3.96. The molecule has 0 saturated carbocycles. The highest BCUT2D eigenvalue weighted by atomic mass is 32.2. The lowest BCUT2D eigenvalue weighted by Gasteiger charge is -2.32. The lowest BCUT2D eigenvalue weighted by Crippen LogP contribution is -2.41. The van der Waals surface area contributed by atoms with Crippen molar-refractivity contribution in [2.75, 3.05) is 0 Å². The molecule has 1 aliphatic rings. The van der Waals surface area contributed by atoms with E-state index in [1.165, 1.54) is 30.6 Å². The lowest BCUT2D eigenvalue weighted by atomic mass is 10.1. The molecule has 1 aliphatic heterocycles. The van der Waals surface area contributed by atoms with Gasteiger partial charge in [0.05, 0.1) is 0 Å². The molecule has 0 spiro atoms. The molecule has 1 rings (SSSR count). The molecule has 5 nitrogen and oxygen atoms in total. The fourth-order valence-electron chi connectivity index (χ4n) is 1.68. The Bertz CT molecular complexity index is 337. The van der Waals surface area contributed by atoms with Gasteiger partial charge in [0.25, 0.3) is 0 Å². The minimum Gasteiger partial charge on any atom is -0.304 e. The van der Waals surface area contributed by atoms with Gasteiger partial charge in [-0.25, -0.2) is 5.01 Å². The van der Waals surface area contributed by atoms with Crippen molar-refractivity contribution in [1.29, 1.82) is 0 Å². The number of hydrogen-bond donors (Lipinski definition) is 1. The van der Waals surface area contributed by atoms with Crippen LogP contribution in [0.25, 0.3) is 0 Å². The first-order valence-corrected chi connectivity index (χ1v) is 6.13. The molecule has 90 valence electrons. The van der Waals surface area contributed by atoms with Crippen molar-refractivity contribution in [3.05, 3.63) is 0 Å². The molecule has 0 bridgehead atoms. The molecular formula is C10H17N3O2S. The van der Waals surface area contributed by atoms with Crippen molar-refractivity contribution in [3.8, 4) is 0 Å². The smallest absolute Gasteiger partial charge is 0.240 e. The zero-order valence-electron chi connectivity index (χ0n) is 10.0. The zero-order valence-corrected chi connectivity index (χ0v) is 10.8. The Labute approximate surface area is 99.6 Å². The molecule has 1 N–H and O–H groups in total. The molecule has 0 aliphatic carbocycles. The average molecular weight is 243 g/mol. The first kappa shape index (κ1) is 13.0. The Balaban J connectivity index is 2.93. The van der Waals surface area contributed by atoms with E-state index in [-0.39, 0.29) is 16.7 Å². The van der Waals surface area contributed by atoms with Gasteiger partial charge in [0.1, 0.15) is 4.87 Å². The third-order valence-electron chi connectivity index (χ3n) is 2.55. The fourth-order valence-corrected chi connectivity index (χ4v) is 2.90. The second-order valence-corrected chi connectivity index (χ2v) is 5.02. The number of nitrogens with zero attached hydrogens (tertiary/aromatic N) is 2. The van der Waals surface area contributed by atoms with E-state index in [4.69, 9.17) is 0 Å². The number of amides is 2. The summed E-state index contributed by atoms with van der Waals surface area (Å²) < 4.78 is 0. The van der Waals surface area contributed by atoms with E-state index >= 15 is 0 Å². The van der Waals surface area contributed by atoms with Crippen LogP contribution in [0.2, 0.25) is 0 Å². The molecular weight excluding hydrogens is 226 g/mol. The second-order valence-electron chi connectivity index (χ2n) is 3.67. The van der Waals surface area contributed by atoms with E-state index in [2.05, 4.69) is 10.4 Å². The number of nitrogens with one attached hydrogen (secondary N) is 1. The summed E-state index contributed by atoms with van der Waals surface area (Å²) in [7, 11) is 0. The van der Waals surface area contributed by atoms with Gasteiger partial charge in [-0.1, -0.05) is 25.6 Å². The van der Waals surface area contributed by atoms with Crippen LogP contribution in [0.4, 0.5) is 0 Å². The van der Waals surface area contributed by atoms with Crippen molar-refractivity contribution in [3.63, 3.8) is 0 Å². The van der Waals surface area contributed by atoms with Crippen LogP contribution in [-0.2, 0) is 9.59 Å². The van der Waals surface area contributed by atoms with Gasteiger partial charge in [0.2, 0.25) is 11.8 Å². The Morgan fingerprint density at radius 3 is 2.25 bits per heavy atom. The fraction of sp³-hybridized carbons (Fsp3) is 0.700. The zero-order chi connectivity index (χ0) is 12.3. The summed E-state index contributed by atoms with van der Waals surface area (Å²) in [6, 6.07) is 0. The maximum atomic E-state index is 11.5. The quantitative estimate of drug-likeness (QED) is 0.799. The van der Waals surface area contributed by atoms with Crippen molar-refractivity contribution in [2.45, 2.75) is 45.4 Å². The Morgan fingerprint density at radius 1 is 1.38 bits per heavy atom. The van der Waals surface area contributed by atoms with Gasteiger partial charge >= 0.3 is 0 Å². The monoisotopic (exact) mass is 243 g/mol. The SMILES string of the molecule is CCC1(CC)SC(NC(C)=O)=NN1C(C)=O. The molecule has 16 heavy (non-hydrogen) atoms. The number of carbonyl (C=O) groups is 2. The van der Waals surface area contributed by atoms with Crippen LogP contribution in [0.15, 0.2) is 5.10 Å². The predicted octanol–water partition coefficient (Wildman–Crippen LogP) is 1.51. The number of amidine groups is 1. The summed E-state index contributed by atoms with van der Waals surface area (Å²) >= 11 is 1.45. The average Bonchev–Trinajstić information content (AvgIpc) is 2.56. The maximum Gasteiger partial charge on any atom is 0.240 e. The van der Waals surface area contributed by atoms with Gasteiger partial charge in [-0.05, 0) is 12.8 Å². The minimum atomic E-state index is -0.344. The highest BCUT2D eigenvalue weighted by molar-refractivity contribution is 8.15. The third kappa shape index (κ3) is 2.37. The predicted molar refractivity (Wildman–Crippen MR) is 64.7 cm³/mol. The summed E-state index contributed by atoms with van der Waals surface area (Å²) in [6.07, 6.45) is 1.58. The van der Waals surface area contributed by atoms with Crippen molar-refractivity contribution >= 4 is 28.7 Å². The van der Waals surface area contributed by atoms with Gasteiger partial charge in [-0.15, -0.1) is 5.10 Å². The number of hydrogen-bond acceptors (Lipinski definition) is 4. The molecule has 0 aromatic rings. The van der Waals surface area contributed by atoms with E-state index in [9.17, 15) is 9.59 Å². The first-order valence-electron chi connectivity index (χ1n) is 5.31. The van der Waals surface area contributed by atoms with Gasteiger partial charge in [0, 0.05) is 13.8 Å². The van der Waals surface area contributed by atoms with E-state index < -0.39 is 0 Å². The van der Waals surface area contributed by atoms with Gasteiger partial charge < -0.3 is 5.32 Å². The van der Waals surface area contributed by atoms with Crippen LogP contribution in [-0.4, -0.2) is 26.9 Å². The van der Waals surface area contributed by atoms with Crippen molar-refractivity contribution in [1.82, 2.24) is 10.3 Å². The third-order valence-corrected chi connectivity index (χ3v) is 4.06. The largest absolute Gasteiger partial charge is 0.304 e.